The third-order valence-corrected chi connectivity index (χ3v) is 5.72. The van der Waals surface area contributed by atoms with E-state index in [1.54, 1.807) is 31.2 Å². The minimum atomic E-state index is -0.851. The number of esters is 1. The molecule has 0 aliphatic heterocycles. The van der Waals surface area contributed by atoms with Crippen LogP contribution in [0.5, 0.6) is 0 Å². The van der Waals surface area contributed by atoms with Crippen molar-refractivity contribution in [3.63, 3.8) is 0 Å². The van der Waals surface area contributed by atoms with Gasteiger partial charge in [-0.2, -0.15) is 0 Å². The summed E-state index contributed by atoms with van der Waals surface area (Å²) in [4.78, 5) is 48.7. The first kappa shape index (κ1) is 26.2. The summed E-state index contributed by atoms with van der Waals surface area (Å²) in [5, 5.41) is 10.1. The lowest BCUT2D eigenvalue weighted by atomic mass is 9.99. The summed E-state index contributed by atoms with van der Waals surface area (Å²) in [7, 11) is 1.26. The average molecular weight is 488 g/mol. The van der Waals surface area contributed by atoms with Crippen LogP contribution in [-0.4, -0.2) is 37.3 Å². The first-order valence-corrected chi connectivity index (χ1v) is 11.5. The molecule has 8 heteroatoms. The third kappa shape index (κ3) is 6.56. The molecule has 8 nitrogen and oxygen atoms in total. The molecule has 1 unspecified atom stereocenters. The van der Waals surface area contributed by atoms with Crippen molar-refractivity contribution in [3.05, 3.63) is 95.1 Å². The highest BCUT2D eigenvalue weighted by Gasteiger charge is 2.18. The summed E-state index contributed by atoms with van der Waals surface area (Å²) in [6, 6.07) is 20.6. The van der Waals surface area contributed by atoms with Crippen molar-refractivity contribution < 1.29 is 23.9 Å². The first-order chi connectivity index (χ1) is 17.3. The van der Waals surface area contributed by atoms with Crippen molar-refractivity contribution in [2.24, 2.45) is 0 Å². The lowest BCUT2D eigenvalue weighted by molar-refractivity contribution is -0.139. The fraction of sp³-hybridized carbons (Fsp3) is 0.214. The van der Waals surface area contributed by atoms with Crippen LogP contribution in [0.15, 0.2) is 78.4 Å². The molecule has 186 valence electrons. The average Bonchev–Trinajstić information content (AvgIpc) is 2.90. The zero-order chi connectivity index (χ0) is 26.1. The van der Waals surface area contributed by atoms with Gasteiger partial charge in [-0.05, 0) is 41.8 Å². The van der Waals surface area contributed by atoms with Crippen LogP contribution in [-0.2, 0) is 25.7 Å². The Hall–Kier alpha value is -4.46. The van der Waals surface area contributed by atoms with Crippen molar-refractivity contribution in [1.29, 1.82) is 0 Å². The second-order valence-electron chi connectivity index (χ2n) is 8.19. The van der Waals surface area contributed by atoms with E-state index in [1.165, 1.54) is 13.2 Å². The standard InChI is InChI=1S/C28H29N3O5/c1-18(28(35)36-3)15-16-29-26(33)27(34)30-17-21-10-5-7-13-24(21)25(32)31-19(2)22-14-8-11-20-9-4-6-12-23(20)22/h4-15,19H,16-17H2,1-3H3,(H,29,33)(H,30,34)(H,31,32)/b18-15+. The molecule has 1 atom stereocenters. The Balaban J connectivity index is 1.62. The van der Waals surface area contributed by atoms with Crippen LogP contribution in [0.3, 0.4) is 0 Å². The van der Waals surface area contributed by atoms with E-state index in [-0.39, 0.29) is 25.0 Å². The maximum Gasteiger partial charge on any atom is 0.333 e. The largest absolute Gasteiger partial charge is 0.466 e. The molecule has 0 saturated carbocycles. The molecule has 3 amide bonds. The Kier molecular flexibility index (Phi) is 8.94. The van der Waals surface area contributed by atoms with Gasteiger partial charge in [0.15, 0.2) is 0 Å². The zero-order valence-corrected chi connectivity index (χ0v) is 20.5. The summed E-state index contributed by atoms with van der Waals surface area (Å²) >= 11 is 0. The molecule has 0 aliphatic rings. The van der Waals surface area contributed by atoms with Gasteiger partial charge in [-0.1, -0.05) is 66.7 Å². The second kappa shape index (κ2) is 12.3. The van der Waals surface area contributed by atoms with E-state index < -0.39 is 17.8 Å². The highest BCUT2D eigenvalue weighted by molar-refractivity contribution is 6.35. The lowest BCUT2D eigenvalue weighted by Gasteiger charge is -2.18. The number of rotatable bonds is 8. The maximum atomic E-state index is 13.1. The number of hydrogen-bond acceptors (Lipinski definition) is 5. The third-order valence-electron chi connectivity index (χ3n) is 5.72. The van der Waals surface area contributed by atoms with Crippen LogP contribution in [0.2, 0.25) is 0 Å². The van der Waals surface area contributed by atoms with E-state index in [0.29, 0.717) is 16.7 Å². The van der Waals surface area contributed by atoms with Gasteiger partial charge in [0.1, 0.15) is 0 Å². The molecule has 3 rings (SSSR count). The molecular formula is C28H29N3O5. The maximum absolute atomic E-state index is 13.1. The van der Waals surface area contributed by atoms with Crippen molar-refractivity contribution in [1.82, 2.24) is 16.0 Å². The number of benzene rings is 3. The minimum absolute atomic E-state index is 0.00175. The summed E-state index contributed by atoms with van der Waals surface area (Å²) in [5.41, 5.74) is 2.29. The smallest absolute Gasteiger partial charge is 0.333 e. The predicted molar refractivity (Wildman–Crippen MR) is 137 cm³/mol. The van der Waals surface area contributed by atoms with E-state index in [1.807, 2.05) is 49.4 Å². The Morgan fingerprint density at radius 3 is 2.33 bits per heavy atom. The van der Waals surface area contributed by atoms with E-state index in [0.717, 1.165) is 16.3 Å². The Labute approximate surface area is 209 Å². The Morgan fingerprint density at radius 2 is 1.56 bits per heavy atom. The van der Waals surface area contributed by atoms with E-state index >= 15 is 0 Å². The minimum Gasteiger partial charge on any atom is -0.466 e. The van der Waals surface area contributed by atoms with Gasteiger partial charge in [0.2, 0.25) is 0 Å². The summed E-state index contributed by atoms with van der Waals surface area (Å²) < 4.78 is 4.57. The van der Waals surface area contributed by atoms with Crippen LogP contribution in [0.1, 0.15) is 41.4 Å². The monoisotopic (exact) mass is 487 g/mol. The topological polar surface area (TPSA) is 114 Å². The van der Waals surface area contributed by atoms with Gasteiger partial charge in [-0.3, -0.25) is 14.4 Å². The molecule has 3 aromatic rings. The predicted octanol–water partition coefficient (Wildman–Crippen LogP) is 3.18. The normalized spacial score (nSPS) is 11.9. The number of carbonyl (C=O) groups excluding carboxylic acids is 4. The Bertz CT molecular complexity index is 1310. The molecule has 0 spiro atoms. The molecular weight excluding hydrogens is 458 g/mol. The molecule has 0 aliphatic carbocycles. The van der Waals surface area contributed by atoms with Crippen molar-refractivity contribution in [2.75, 3.05) is 13.7 Å². The van der Waals surface area contributed by atoms with Gasteiger partial charge >= 0.3 is 17.8 Å². The van der Waals surface area contributed by atoms with E-state index in [9.17, 15) is 19.2 Å². The summed E-state index contributed by atoms with van der Waals surface area (Å²) in [6.07, 6.45) is 1.45. The quantitative estimate of drug-likeness (QED) is 0.257. The van der Waals surface area contributed by atoms with Crippen LogP contribution < -0.4 is 16.0 Å². The number of carbonyl (C=O) groups is 4. The molecule has 36 heavy (non-hydrogen) atoms. The molecule has 0 fully saturated rings. The number of ether oxygens (including phenoxy) is 1. The van der Waals surface area contributed by atoms with Crippen LogP contribution in [0.4, 0.5) is 0 Å². The van der Waals surface area contributed by atoms with E-state index in [2.05, 4.69) is 20.7 Å². The van der Waals surface area contributed by atoms with Gasteiger partial charge < -0.3 is 20.7 Å². The molecule has 3 N–H and O–H groups in total. The molecule has 0 radical (unpaired) electrons. The van der Waals surface area contributed by atoms with Crippen molar-refractivity contribution in [3.8, 4) is 0 Å². The van der Waals surface area contributed by atoms with Gasteiger partial charge in [-0.25, -0.2) is 4.79 Å². The molecule has 3 aromatic carbocycles. The van der Waals surface area contributed by atoms with Gasteiger partial charge in [0.25, 0.3) is 5.91 Å². The summed E-state index contributed by atoms with van der Waals surface area (Å²) in [5.74, 6) is -2.50. The molecule has 0 saturated heterocycles. The zero-order valence-electron chi connectivity index (χ0n) is 20.5. The van der Waals surface area contributed by atoms with Crippen LogP contribution in [0, 0.1) is 0 Å². The number of nitrogens with one attached hydrogen (secondary N) is 3. The van der Waals surface area contributed by atoms with Gasteiger partial charge in [0, 0.05) is 24.2 Å². The highest BCUT2D eigenvalue weighted by atomic mass is 16.5. The SMILES string of the molecule is COC(=O)/C(C)=C/CNC(=O)C(=O)NCc1ccccc1C(=O)NC(C)c1cccc2ccccc12. The number of amides is 3. The van der Waals surface area contributed by atoms with Gasteiger partial charge in [0.05, 0.1) is 13.2 Å². The van der Waals surface area contributed by atoms with Crippen molar-refractivity contribution in [2.45, 2.75) is 26.4 Å². The first-order valence-electron chi connectivity index (χ1n) is 11.5. The number of methoxy groups -OCH3 is 1. The lowest BCUT2D eigenvalue weighted by Crippen LogP contribution is -2.40. The number of hydrogen-bond donors (Lipinski definition) is 3. The second-order valence-corrected chi connectivity index (χ2v) is 8.19. The highest BCUT2D eigenvalue weighted by Crippen LogP contribution is 2.24. The fourth-order valence-corrected chi connectivity index (χ4v) is 3.75. The summed E-state index contributed by atoms with van der Waals surface area (Å²) in [6.45, 7) is 3.46. The Morgan fingerprint density at radius 1 is 0.889 bits per heavy atom. The number of fused-ring (bicyclic) bond motifs is 1. The van der Waals surface area contributed by atoms with Gasteiger partial charge in [-0.15, -0.1) is 0 Å². The fourth-order valence-electron chi connectivity index (χ4n) is 3.75. The molecule has 0 aromatic heterocycles. The van der Waals surface area contributed by atoms with Crippen LogP contribution >= 0.6 is 0 Å². The van der Waals surface area contributed by atoms with Crippen LogP contribution in [0.25, 0.3) is 10.8 Å². The molecule has 0 heterocycles. The van der Waals surface area contributed by atoms with Crippen molar-refractivity contribution >= 4 is 34.5 Å². The van der Waals surface area contributed by atoms with E-state index in [4.69, 9.17) is 0 Å². The molecule has 0 bridgehead atoms.